The Balaban J connectivity index is 1.70. The summed E-state index contributed by atoms with van der Waals surface area (Å²) in [6.07, 6.45) is 3.65. The summed E-state index contributed by atoms with van der Waals surface area (Å²) >= 11 is 1.37. The predicted octanol–water partition coefficient (Wildman–Crippen LogP) is 4.29. The Morgan fingerprint density at radius 2 is 1.97 bits per heavy atom. The van der Waals surface area contributed by atoms with E-state index in [9.17, 15) is 5.11 Å². The zero-order chi connectivity index (χ0) is 25.2. The molecular formula is C25H29N7O3S. The summed E-state index contributed by atoms with van der Waals surface area (Å²) in [5, 5.41) is 24.0. The van der Waals surface area contributed by atoms with Crippen LogP contribution in [-0.4, -0.2) is 52.4 Å². The van der Waals surface area contributed by atoms with Crippen molar-refractivity contribution >= 4 is 32.8 Å². The van der Waals surface area contributed by atoms with E-state index in [1.807, 2.05) is 33.2 Å². The molecule has 11 heteroatoms. The summed E-state index contributed by atoms with van der Waals surface area (Å²) < 4.78 is 21.0. The van der Waals surface area contributed by atoms with Gasteiger partial charge in [0.2, 0.25) is 0 Å². The van der Waals surface area contributed by atoms with Crippen molar-refractivity contribution in [2.45, 2.75) is 52.2 Å². The van der Waals surface area contributed by atoms with E-state index >= 15 is 0 Å². The van der Waals surface area contributed by atoms with Crippen LogP contribution in [0.4, 0.5) is 0 Å². The van der Waals surface area contributed by atoms with Gasteiger partial charge in [-0.1, -0.05) is 10.4 Å². The first-order valence-electron chi connectivity index (χ1n) is 12.1. The lowest BCUT2D eigenvalue weighted by atomic mass is 9.89. The van der Waals surface area contributed by atoms with E-state index in [2.05, 4.69) is 26.1 Å². The Kier molecular flexibility index (Phi) is 5.47. The maximum atomic E-state index is 11.1. The third-order valence-corrected chi connectivity index (χ3v) is 7.88. The van der Waals surface area contributed by atoms with Crippen molar-refractivity contribution in [1.29, 1.82) is 0 Å². The quantitative estimate of drug-likeness (QED) is 0.374. The second-order valence-corrected chi connectivity index (χ2v) is 10.9. The van der Waals surface area contributed by atoms with E-state index in [1.165, 1.54) is 11.5 Å². The Bertz CT molecular complexity index is 1550. The zero-order valence-corrected chi connectivity index (χ0v) is 21.8. The minimum absolute atomic E-state index is 0.133. The van der Waals surface area contributed by atoms with Crippen LogP contribution in [0.15, 0.2) is 22.9 Å². The van der Waals surface area contributed by atoms with Crippen LogP contribution in [-0.2, 0) is 17.4 Å². The van der Waals surface area contributed by atoms with Crippen molar-refractivity contribution in [1.82, 2.24) is 34.1 Å². The highest BCUT2D eigenvalue weighted by atomic mass is 32.1. The lowest BCUT2D eigenvalue weighted by Crippen LogP contribution is -2.28. The number of ether oxygens (including phenoxy) is 1. The molecule has 1 fully saturated rings. The maximum absolute atomic E-state index is 11.1. The minimum atomic E-state index is -1.13. The third kappa shape index (κ3) is 3.64. The van der Waals surface area contributed by atoms with E-state index in [4.69, 9.17) is 18.6 Å². The largest absolute Gasteiger partial charge is 0.384 e. The van der Waals surface area contributed by atoms with Crippen molar-refractivity contribution in [3.05, 3.63) is 41.2 Å². The van der Waals surface area contributed by atoms with Gasteiger partial charge in [-0.05, 0) is 64.1 Å². The summed E-state index contributed by atoms with van der Waals surface area (Å²) in [5.74, 6) is 1.02. The fourth-order valence-corrected chi connectivity index (χ4v) is 6.43. The van der Waals surface area contributed by atoms with Gasteiger partial charge in [0.05, 0.1) is 33.2 Å². The first kappa shape index (κ1) is 23.3. The average molecular weight is 508 g/mol. The number of aryl methyl sites for hydroxylation is 3. The Labute approximate surface area is 212 Å². The molecule has 1 aliphatic heterocycles. The summed E-state index contributed by atoms with van der Waals surface area (Å²) in [7, 11) is 1.89. The van der Waals surface area contributed by atoms with Crippen molar-refractivity contribution in [2.75, 3.05) is 13.2 Å². The van der Waals surface area contributed by atoms with Crippen molar-refractivity contribution in [3.63, 3.8) is 0 Å². The molecule has 188 valence electrons. The van der Waals surface area contributed by atoms with Crippen LogP contribution < -0.4 is 0 Å². The number of hydrogen-bond acceptors (Lipinski definition) is 9. The van der Waals surface area contributed by atoms with Gasteiger partial charge in [0.1, 0.15) is 28.3 Å². The maximum Gasteiger partial charge on any atom is 0.134 e. The molecule has 1 N–H and O–H groups in total. The van der Waals surface area contributed by atoms with Gasteiger partial charge in [-0.3, -0.25) is 4.98 Å². The van der Waals surface area contributed by atoms with Crippen molar-refractivity contribution < 1.29 is 14.4 Å². The van der Waals surface area contributed by atoms with Gasteiger partial charge in [-0.15, -0.1) is 5.10 Å². The van der Waals surface area contributed by atoms with Crippen LogP contribution in [0.25, 0.3) is 32.5 Å². The zero-order valence-electron chi connectivity index (χ0n) is 21.0. The first-order chi connectivity index (χ1) is 17.2. The van der Waals surface area contributed by atoms with Crippen molar-refractivity contribution in [2.24, 2.45) is 13.0 Å². The van der Waals surface area contributed by atoms with Gasteiger partial charge in [0.15, 0.2) is 0 Å². The van der Waals surface area contributed by atoms with Crippen molar-refractivity contribution in [3.8, 4) is 11.3 Å². The van der Waals surface area contributed by atoms with E-state index in [0.717, 1.165) is 62.5 Å². The Morgan fingerprint density at radius 3 is 2.61 bits per heavy atom. The molecule has 5 aromatic heterocycles. The monoisotopic (exact) mass is 507 g/mol. The minimum Gasteiger partial charge on any atom is -0.384 e. The number of pyridine rings is 1. The normalized spacial score (nSPS) is 16.4. The molecule has 1 saturated heterocycles. The lowest BCUT2D eigenvalue weighted by molar-refractivity contribution is 0.0539. The molecule has 0 spiro atoms. The lowest BCUT2D eigenvalue weighted by Gasteiger charge is -2.31. The highest BCUT2D eigenvalue weighted by molar-refractivity contribution is 7.14. The Hall–Kier alpha value is -3.15. The van der Waals surface area contributed by atoms with Gasteiger partial charge in [0.25, 0.3) is 0 Å². The molecule has 0 aromatic carbocycles. The number of aliphatic hydroxyl groups is 1. The van der Waals surface area contributed by atoms with Crippen LogP contribution in [0, 0.1) is 19.8 Å². The van der Waals surface area contributed by atoms with Crippen LogP contribution in [0.3, 0.4) is 0 Å². The molecule has 36 heavy (non-hydrogen) atoms. The van der Waals surface area contributed by atoms with Gasteiger partial charge >= 0.3 is 0 Å². The van der Waals surface area contributed by atoms with E-state index in [0.29, 0.717) is 18.9 Å². The van der Waals surface area contributed by atoms with E-state index in [-0.39, 0.29) is 12.0 Å². The molecule has 10 nitrogen and oxygen atoms in total. The highest BCUT2D eigenvalue weighted by Crippen LogP contribution is 2.44. The van der Waals surface area contributed by atoms with E-state index in [1.54, 1.807) is 18.5 Å². The molecule has 6 rings (SSSR count). The fourth-order valence-electron chi connectivity index (χ4n) is 5.41. The van der Waals surface area contributed by atoms with Gasteiger partial charge in [-0.25, -0.2) is 4.68 Å². The van der Waals surface area contributed by atoms with Gasteiger partial charge in [-0.2, -0.15) is 4.37 Å². The summed E-state index contributed by atoms with van der Waals surface area (Å²) in [6, 6.07) is 4.02. The van der Waals surface area contributed by atoms with Crippen LogP contribution in [0.1, 0.15) is 55.6 Å². The van der Waals surface area contributed by atoms with Gasteiger partial charge < -0.3 is 18.9 Å². The molecule has 1 unspecified atom stereocenters. The Morgan fingerprint density at radius 1 is 1.19 bits per heavy atom. The predicted molar refractivity (Wildman–Crippen MR) is 136 cm³/mol. The fraction of sp³-hybridized carbons (Fsp3) is 0.480. The molecule has 0 aliphatic carbocycles. The van der Waals surface area contributed by atoms with Crippen LogP contribution in [0.5, 0.6) is 0 Å². The molecule has 0 amide bonds. The average Bonchev–Trinajstić information content (AvgIpc) is 3.60. The molecule has 5 aromatic rings. The van der Waals surface area contributed by atoms with Crippen LogP contribution in [0.2, 0.25) is 0 Å². The topological polar surface area (TPSA) is 117 Å². The highest BCUT2D eigenvalue weighted by Gasteiger charge is 2.36. The number of aromatic nitrogens is 7. The summed E-state index contributed by atoms with van der Waals surface area (Å²) in [6.45, 7) is 8.80. The molecule has 6 heterocycles. The summed E-state index contributed by atoms with van der Waals surface area (Å²) in [4.78, 5) is 4.92. The second kappa shape index (κ2) is 8.46. The number of hydrogen-bond donors (Lipinski definition) is 1. The molecule has 1 atom stereocenters. The molecule has 0 saturated carbocycles. The first-order valence-corrected chi connectivity index (χ1v) is 12.9. The van der Waals surface area contributed by atoms with Gasteiger partial charge in [0, 0.05) is 38.1 Å². The number of nitrogens with zero attached hydrogens (tertiary/aromatic N) is 7. The smallest absolute Gasteiger partial charge is 0.134 e. The SMILES string of the molecule is Cc1cc(C(C2CCOCC2)n2c3cc(-c4c(C)nnn4C)cnc3c3snc(C(C)(C)O)c32)no1. The van der Waals surface area contributed by atoms with E-state index < -0.39 is 5.60 Å². The standard InChI is InChI=1S/C25H29N7O3S/c1-13-10-17(28-35-13)21(15-6-8-34-9-7-15)32-18-11-16(20-14(2)27-30-31(20)5)12-26-19(18)23-22(32)24(29-36-23)25(3,4)33/h10-12,15,21,33H,6-9H2,1-5H3. The molecular weight excluding hydrogens is 478 g/mol. The molecule has 0 bridgehead atoms. The van der Waals surface area contributed by atoms with Crippen LogP contribution >= 0.6 is 11.5 Å². The molecule has 0 radical (unpaired) electrons. The third-order valence-electron chi connectivity index (χ3n) is 7.04. The summed E-state index contributed by atoms with van der Waals surface area (Å²) in [5.41, 5.74) is 5.75. The molecule has 1 aliphatic rings. The number of rotatable bonds is 5. The second-order valence-electron chi connectivity index (χ2n) is 10.1. The number of fused-ring (bicyclic) bond motifs is 3.